The Morgan fingerprint density at radius 2 is 2.00 bits per heavy atom. The number of carbonyl (C=O) groups excluding carboxylic acids is 1. The van der Waals surface area contributed by atoms with Crippen LogP contribution in [-0.2, 0) is 0 Å². The Hall–Kier alpha value is -2.72. The third-order valence-corrected chi connectivity index (χ3v) is 6.43. The van der Waals surface area contributed by atoms with Gasteiger partial charge in [-0.05, 0) is 43.6 Å². The first-order chi connectivity index (χ1) is 14.6. The van der Waals surface area contributed by atoms with Gasteiger partial charge in [-0.3, -0.25) is 4.79 Å². The summed E-state index contributed by atoms with van der Waals surface area (Å²) in [4.78, 5) is 16.2. The predicted molar refractivity (Wildman–Crippen MR) is 115 cm³/mol. The normalized spacial score (nSPS) is 22.3. The molecule has 7 heteroatoms. The van der Waals surface area contributed by atoms with Crippen LogP contribution in [0.5, 0.6) is 11.5 Å². The number of methoxy groups -OCH3 is 2. The summed E-state index contributed by atoms with van der Waals surface area (Å²) in [5.74, 6) is 2.08. The molecule has 30 heavy (non-hydrogen) atoms. The van der Waals surface area contributed by atoms with E-state index in [1.54, 1.807) is 14.2 Å². The van der Waals surface area contributed by atoms with E-state index < -0.39 is 0 Å². The zero-order valence-electron chi connectivity index (χ0n) is 17.7. The highest BCUT2D eigenvalue weighted by Crippen LogP contribution is 2.33. The van der Waals surface area contributed by atoms with Crippen molar-refractivity contribution in [1.29, 1.82) is 5.26 Å². The van der Waals surface area contributed by atoms with E-state index in [1.165, 1.54) is 6.42 Å². The molecular weight excluding hydrogens is 380 g/mol. The number of hydrogen-bond acceptors (Lipinski definition) is 5. The Bertz CT molecular complexity index is 944. The molecule has 2 aliphatic rings. The second kappa shape index (κ2) is 8.97. The minimum Gasteiger partial charge on any atom is -0.497 e. The van der Waals surface area contributed by atoms with Gasteiger partial charge in [-0.25, -0.2) is 0 Å². The quantitative estimate of drug-likeness (QED) is 0.620. The zero-order valence-corrected chi connectivity index (χ0v) is 17.7. The summed E-state index contributed by atoms with van der Waals surface area (Å²) < 4.78 is 10.8. The van der Waals surface area contributed by atoms with Gasteiger partial charge in [-0.2, -0.15) is 5.26 Å². The summed E-state index contributed by atoms with van der Waals surface area (Å²) >= 11 is 0. The highest BCUT2D eigenvalue weighted by molar-refractivity contribution is 6.00. The van der Waals surface area contributed by atoms with E-state index in [4.69, 9.17) is 9.47 Å². The van der Waals surface area contributed by atoms with E-state index in [0.29, 0.717) is 29.0 Å². The van der Waals surface area contributed by atoms with Gasteiger partial charge in [-0.15, -0.1) is 0 Å². The maximum Gasteiger partial charge on any atom is 0.267 e. The lowest BCUT2D eigenvalue weighted by molar-refractivity contribution is 0.0900. The summed E-state index contributed by atoms with van der Waals surface area (Å²) in [5, 5.41) is 16.9. The van der Waals surface area contributed by atoms with Gasteiger partial charge in [-0.1, -0.05) is 12.8 Å². The summed E-state index contributed by atoms with van der Waals surface area (Å²) in [5.41, 5.74) is 1.32. The summed E-state index contributed by atoms with van der Waals surface area (Å²) in [6.07, 6.45) is 6.61. The van der Waals surface area contributed by atoms with E-state index in [1.807, 2.05) is 18.2 Å². The lowest BCUT2D eigenvalue weighted by atomic mass is 9.84. The number of aromatic nitrogens is 1. The van der Waals surface area contributed by atoms with Gasteiger partial charge in [0.2, 0.25) is 0 Å². The molecule has 0 bridgehead atoms. The molecule has 0 radical (unpaired) electrons. The van der Waals surface area contributed by atoms with E-state index in [2.05, 4.69) is 21.7 Å². The van der Waals surface area contributed by atoms with Crippen LogP contribution >= 0.6 is 0 Å². The van der Waals surface area contributed by atoms with E-state index in [0.717, 1.165) is 49.6 Å². The maximum atomic E-state index is 13.0. The smallest absolute Gasteiger partial charge is 0.267 e. The number of carbonyl (C=O) groups is 1. The number of hydrogen-bond donors (Lipinski definition) is 3. The van der Waals surface area contributed by atoms with Crippen LogP contribution in [-0.4, -0.2) is 43.7 Å². The number of amides is 1. The second-order valence-corrected chi connectivity index (χ2v) is 8.45. The Morgan fingerprint density at radius 3 is 2.70 bits per heavy atom. The number of fused-ring (bicyclic) bond motifs is 1. The number of H-pyrrole nitrogens is 1. The summed E-state index contributed by atoms with van der Waals surface area (Å²) in [7, 11) is 3.21. The van der Waals surface area contributed by atoms with Crippen LogP contribution in [0.2, 0.25) is 0 Å². The fourth-order valence-corrected chi connectivity index (χ4v) is 4.50. The van der Waals surface area contributed by atoms with Crippen molar-refractivity contribution >= 4 is 16.8 Å². The van der Waals surface area contributed by atoms with E-state index in [-0.39, 0.29) is 18.0 Å². The first kappa shape index (κ1) is 20.5. The Labute approximate surface area is 177 Å². The van der Waals surface area contributed by atoms with Crippen LogP contribution in [0.3, 0.4) is 0 Å². The molecule has 1 aromatic heterocycles. The van der Waals surface area contributed by atoms with Crippen molar-refractivity contribution in [3.8, 4) is 17.6 Å². The predicted octanol–water partition coefficient (Wildman–Crippen LogP) is 3.37. The largest absolute Gasteiger partial charge is 0.497 e. The zero-order chi connectivity index (χ0) is 21.1. The fraction of sp³-hybridized carbons (Fsp3) is 0.565. The average molecular weight is 411 g/mol. The van der Waals surface area contributed by atoms with Crippen LogP contribution in [0.4, 0.5) is 0 Å². The van der Waals surface area contributed by atoms with Crippen molar-refractivity contribution in [1.82, 2.24) is 15.6 Å². The van der Waals surface area contributed by atoms with Crippen LogP contribution in [0.1, 0.15) is 49.0 Å². The van der Waals surface area contributed by atoms with Gasteiger partial charge in [0.1, 0.15) is 17.2 Å². The van der Waals surface area contributed by atoms with Crippen molar-refractivity contribution in [2.24, 2.45) is 11.8 Å². The molecule has 160 valence electrons. The van der Waals surface area contributed by atoms with Gasteiger partial charge >= 0.3 is 0 Å². The molecule has 2 aliphatic carbocycles. The van der Waals surface area contributed by atoms with Crippen LogP contribution in [0.15, 0.2) is 18.2 Å². The van der Waals surface area contributed by atoms with E-state index >= 15 is 0 Å². The molecule has 3 atom stereocenters. The number of aromatic amines is 1. The van der Waals surface area contributed by atoms with Crippen LogP contribution in [0.25, 0.3) is 10.9 Å². The van der Waals surface area contributed by atoms with Crippen LogP contribution < -0.4 is 20.1 Å². The minimum atomic E-state index is -0.108. The number of ether oxygens (including phenoxy) is 2. The van der Waals surface area contributed by atoms with Gasteiger partial charge in [0.15, 0.2) is 0 Å². The molecule has 2 aromatic rings. The molecule has 2 fully saturated rings. The fourth-order valence-electron chi connectivity index (χ4n) is 4.50. The first-order valence-corrected chi connectivity index (χ1v) is 10.8. The van der Waals surface area contributed by atoms with Gasteiger partial charge in [0.25, 0.3) is 5.91 Å². The SMILES string of the molecule is COc1cc(OC)c2cc(C(=O)N[C@H]3CCCC[C@@H]3CNC(C#N)C3CC3)[nH]c2c1. The highest BCUT2D eigenvalue weighted by atomic mass is 16.5. The van der Waals surface area contributed by atoms with Crippen molar-refractivity contribution in [2.75, 3.05) is 20.8 Å². The molecule has 1 unspecified atom stereocenters. The Kier molecular flexibility index (Phi) is 6.14. The molecule has 2 saturated carbocycles. The number of nitrogens with one attached hydrogen (secondary N) is 3. The second-order valence-electron chi connectivity index (χ2n) is 8.45. The summed E-state index contributed by atoms with van der Waals surface area (Å²) in [6.45, 7) is 0.775. The third-order valence-electron chi connectivity index (χ3n) is 6.43. The van der Waals surface area contributed by atoms with Crippen LogP contribution in [0, 0.1) is 23.2 Å². The number of rotatable bonds is 8. The maximum absolute atomic E-state index is 13.0. The first-order valence-electron chi connectivity index (χ1n) is 10.8. The monoisotopic (exact) mass is 410 g/mol. The molecule has 0 spiro atoms. The number of benzene rings is 1. The topological polar surface area (TPSA) is 99.2 Å². The molecule has 4 rings (SSSR count). The number of nitrogens with zero attached hydrogens (tertiary/aromatic N) is 1. The minimum absolute atomic E-state index is 0.0561. The lowest BCUT2D eigenvalue weighted by Crippen LogP contribution is -2.47. The van der Waals surface area contributed by atoms with Crippen molar-refractivity contribution < 1.29 is 14.3 Å². The third kappa shape index (κ3) is 4.39. The molecular formula is C23H30N4O3. The molecule has 0 saturated heterocycles. The van der Waals surface area contributed by atoms with Gasteiger partial charge < -0.3 is 25.1 Å². The standard InChI is InChI=1S/C23H30N4O3/c1-29-16-9-19-17(22(10-16)30-2)11-20(26-19)23(28)27-18-6-4-3-5-15(18)13-25-21(12-24)14-7-8-14/h9-11,14-15,18,21,25-26H,3-8,13H2,1-2H3,(H,27,28)/t15-,18+,21?/m1/s1. The lowest BCUT2D eigenvalue weighted by Gasteiger charge is -2.33. The average Bonchev–Trinajstić information content (AvgIpc) is 3.51. The molecule has 1 aromatic carbocycles. The summed E-state index contributed by atoms with van der Waals surface area (Å²) in [6, 6.07) is 7.96. The Balaban J connectivity index is 1.45. The van der Waals surface area contributed by atoms with Crippen molar-refractivity contribution in [2.45, 2.75) is 50.6 Å². The highest BCUT2D eigenvalue weighted by Gasteiger charge is 2.33. The Morgan fingerprint density at radius 1 is 1.20 bits per heavy atom. The molecule has 0 aliphatic heterocycles. The number of nitriles is 1. The van der Waals surface area contributed by atoms with E-state index in [9.17, 15) is 10.1 Å². The van der Waals surface area contributed by atoms with Crippen molar-refractivity contribution in [3.63, 3.8) is 0 Å². The molecule has 1 amide bonds. The molecule has 1 heterocycles. The molecule has 7 nitrogen and oxygen atoms in total. The van der Waals surface area contributed by atoms with Gasteiger partial charge in [0, 0.05) is 30.1 Å². The molecule has 3 N–H and O–H groups in total. The van der Waals surface area contributed by atoms with Crippen molar-refractivity contribution in [3.05, 3.63) is 23.9 Å². The van der Waals surface area contributed by atoms with Gasteiger partial charge in [0.05, 0.1) is 31.8 Å².